The number of halogens is 3. The number of piperidine rings is 1. The van der Waals surface area contributed by atoms with Crippen molar-refractivity contribution in [3.63, 3.8) is 0 Å². The minimum absolute atomic E-state index is 0. The monoisotopic (exact) mass is 671 g/mol. The molecule has 2 aromatic carbocycles. The van der Waals surface area contributed by atoms with E-state index in [1.807, 2.05) is 6.07 Å². The summed E-state index contributed by atoms with van der Waals surface area (Å²) in [7, 11) is 0. The number of hydrogen-bond acceptors (Lipinski definition) is 6. The van der Waals surface area contributed by atoms with Crippen molar-refractivity contribution >= 4 is 46.5 Å². The van der Waals surface area contributed by atoms with Crippen molar-refractivity contribution < 1.29 is 51.5 Å². The molecule has 3 N–H and O–H groups in total. The molecular formula is C27H24CdCl2FN4O4-. The molecule has 2 aliphatic rings. The molecule has 3 atom stereocenters. The number of pyridine rings is 1. The zero-order chi connectivity index (χ0) is 27.0. The van der Waals surface area contributed by atoms with Crippen LogP contribution >= 0.6 is 23.2 Å². The maximum atomic E-state index is 14.3. The molecule has 0 spiro atoms. The fourth-order valence-electron chi connectivity index (χ4n) is 4.63. The van der Waals surface area contributed by atoms with Gasteiger partial charge in [0.2, 0.25) is 0 Å². The molecule has 1 saturated carbocycles. The van der Waals surface area contributed by atoms with Gasteiger partial charge in [-0.15, -0.1) is 0 Å². The molecule has 2 fully saturated rings. The van der Waals surface area contributed by atoms with Gasteiger partial charge in [-0.05, 0) is 66.0 Å². The van der Waals surface area contributed by atoms with Crippen LogP contribution in [0.25, 0.3) is 16.4 Å². The van der Waals surface area contributed by atoms with Gasteiger partial charge >= 0.3 is 0 Å². The molecule has 2 amide bonds. The van der Waals surface area contributed by atoms with Crippen LogP contribution in [-0.4, -0.2) is 59.4 Å². The molecule has 200 valence electrons. The Labute approximate surface area is 254 Å². The van der Waals surface area contributed by atoms with Gasteiger partial charge in [-0.1, -0.05) is 35.5 Å². The third-order valence-electron chi connectivity index (χ3n) is 6.80. The predicted molar refractivity (Wildman–Crippen MR) is 143 cm³/mol. The Kier molecular flexibility index (Phi) is 9.48. The number of fused-ring (bicyclic) bond motifs is 1. The number of anilines is 1. The Hall–Kier alpha value is -2.32. The molecule has 3 unspecified atom stereocenters. The van der Waals surface area contributed by atoms with Crippen LogP contribution in [-0.2, 0) is 27.3 Å². The van der Waals surface area contributed by atoms with Crippen molar-refractivity contribution in [1.82, 2.24) is 10.3 Å². The molecule has 1 saturated heterocycles. The van der Waals surface area contributed by atoms with Crippen LogP contribution in [0.15, 0.2) is 48.7 Å². The Balaban J connectivity index is 0.00000353. The Morgan fingerprint density at radius 2 is 1.90 bits per heavy atom. The smallest absolute Gasteiger partial charge is 0.251 e. The maximum absolute atomic E-state index is 14.3. The second-order valence-electron chi connectivity index (χ2n) is 9.48. The number of benzene rings is 2. The van der Waals surface area contributed by atoms with E-state index in [1.54, 1.807) is 18.2 Å². The zero-order valence-electron chi connectivity index (χ0n) is 20.8. The Morgan fingerprint density at radius 1 is 1.15 bits per heavy atom. The van der Waals surface area contributed by atoms with Crippen LogP contribution in [0.4, 0.5) is 15.9 Å². The normalized spacial score (nSPS) is 18.1. The van der Waals surface area contributed by atoms with E-state index in [-0.39, 0.29) is 50.2 Å². The SMILES string of the molecule is O=C(NCC(O)CO)c1ccc(Cl)c(-c2cnc([N-]C(=O)c3c(F)cccc3Cl)c(N3CC4CC4C3)c2)c1.[Cd]. The van der Waals surface area contributed by atoms with Crippen molar-refractivity contribution in [2.75, 3.05) is 31.1 Å². The minimum Gasteiger partial charge on any atom is -0.440 e. The first-order valence-corrected chi connectivity index (χ1v) is 12.8. The molecular weight excluding hydrogens is 647 g/mol. The summed E-state index contributed by atoms with van der Waals surface area (Å²) in [5.74, 6) is -0.744. The van der Waals surface area contributed by atoms with Crippen molar-refractivity contribution in [2.45, 2.75) is 12.5 Å². The average molecular weight is 671 g/mol. The number of carbonyl (C=O) groups excluding carboxylic acids is 2. The van der Waals surface area contributed by atoms with Crippen LogP contribution < -0.4 is 10.2 Å². The minimum atomic E-state index is -1.07. The molecule has 1 aliphatic carbocycles. The summed E-state index contributed by atoms with van der Waals surface area (Å²) in [6.45, 7) is 1.00. The van der Waals surface area contributed by atoms with Crippen molar-refractivity contribution in [3.8, 4) is 11.1 Å². The molecule has 1 aliphatic heterocycles. The first-order chi connectivity index (χ1) is 18.2. The maximum Gasteiger partial charge on any atom is 0.251 e. The molecule has 39 heavy (non-hydrogen) atoms. The average Bonchev–Trinajstić information content (AvgIpc) is 3.51. The number of aromatic nitrogens is 1. The first-order valence-electron chi connectivity index (χ1n) is 12.1. The first kappa shape index (κ1) is 29.7. The summed E-state index contributed by atoms with van der Waals surface area (Å²) in [6.07, 6.45) is 1.59. The molecule has 3 aromatic rings. The molecule has 0 bridgehead atoms. The number of rotatable bonds is 8. The van der Waals surface area contributed by atoms with E-state index in [4.69, 9.17) is 28.3 Å². The van der Waals surface area contributed by atoms with Gasteiger partial charge in [-0.2, -0.15) is 0 Å². The van der Waals surface area contributed by atoms with Crippen LogP contribution in [0.2, 0.25) is 10.0 Å². The molecule has 2 heterocycles. The van der Waals surface area contributed by atoms with E-state index in [1.165, 1.54) is 18.3 Å². The van der Waals surface area contributed by atoms with Gasteiger partial charge in [-0.3, -0.25) is 9.59 Å². The third-order valence-corrected chi connectivity index (χ3v) is 7.44. The summed E-state index contributed by atoms with van der Waals surface area (Å²) in [4.78, 5) is 32.0. The summed E-state index contributed by atoms with van der Waals surface area (Å²) in [5, 5.41) is 25.5. The van der Waals surface area contributed by atoms with E-state index < -0.39 is 30.3 Å². The molecule has 1 aromatic heterocycles. The summed E-state index contributed by atoms with van der Waals surface area (Å²) >= 11 is 12.6. The summed E-state index contributed by atoms with van der Waals surface area (Å²) in [5.41, 5.74) is 1.73. The van der Waals surface area contributed by atoms with E-state index in [0.717, 1.165) is 25.6 Å². The van der Waals surface area contributed by atoms with Crippen molar-refractivity contribution in [2.24, 2.45) is 11.8 Å². The number of nitrogens with zero attached hydrogens (tertiary/aromatic N) is 3. The molecule has 5 rings (SSSR count). The second kappa shape index (κ2) is 12.5. The fourth-order valence-corrected chi connectivity index (χ4v) is 5.10. The summed E-state index contributed by atoms with van der Waals surface area (Å²) < 4.78 is 14.3. The topological polar surface area (TPSA) is 117 Å². The van der Waals surface area contributed by atoms with Gasteiger partial charge in [0.15, 0.2) is 5.91 Å². The van der Waals surface area contributed by atoms with E-state index in [9.17, 15) is 19.1 Å². The number of hydrogen-bond donors (Lipinski definition) is 3. The Bertz CT molecular complexity index is 1380. The largest absolute Gasteiger partial charge is 0.440 e. The van der Waals surface area contributed by atoms with Gasteiger partial charge in [0.05, 0.1) is 23.3 Å². The van der Waals surface area contributed by atoms with Gasteiger partial charge in [0.1, 0.15) is 5.82 Å². The quantitative estimate of drug-likeness (QED) is 0.303. The van der Waals surface area contributed by atoms with Gasteiger partial charge in [0.25, 0.3) is 5.91 Å². The molecule has 8 nitrogen and oxygen atoms in total. The predicted octanol–water partition coefficient (Wildman–Crippen LogP) is 4.58. The standard InChI is InChI=1S/C27H25Cl2FN4O4.Cd/c28-20-5-4-14(26(37)32-10-18(36)13-35)7-19(20)15-8-23(34-11-16-6-17(16)12-34)25(31-9-15)33-27(38)24-21(29)2-1-3-22(24)30;/h1-5,7-9,16-18,35-36H,6,10-13H2,(H2,31,32,33,37,38);/p-1. The Morgan fingerprint density at radius 3 is 2.59 bits per heavy atom. The fraction of sp³-hybridized carbons (Fsp3) is 0.296. The van der Waals surface area contributed by atoms with Gasteiger partial charge in [-0.25, -0.2) is 4.39 Å². The summed E-state index contributed by atoms with van der Waals surface area (Å²) in [6, 6.07) is 10.5. The van der Waals surface area contributed by atoms with Gasteiger partial charge < -0.3 is 30.7 Å². The number of aliphatic hydroxyl groups is 2. The van der Waals surface area contributed by atoms with Crippen LogP contribution in [0.1, 0.15) is 27.1 Å². The third kappa shape index (κ3) is 6.54. The molecule has 12 heteroatoms. The van der Waals surface area contributed by atoms with E-state index in [2.05, 4.69) is 20.5 Å². The number of aliphatic hydroxyl groups excluding tert-OH is 2. The van der Waals surface area contributed by atoms with Crippen LogP contribution in [0.5, 0.6) is 0 Å². The second-order valence-corrected chi connectivity index (χ2v) is 10.3. The van der Waals surface area contributed by atoms with Crippen LogP contribution in [0, 0.1) is 17.7 Å². The number of amides is 2. The number of carbonyl (C=O) groups is 2. The van der Waals surface area contributed by atoms with E-state index in [0.29, 0.717) is 39.2 Å². The van der Waals surface area contributed by atoms with Crippen molar-refractivity contribution in [3.05, 3.63) is 81.0 Å². The van der Waals surface area contributed by atoms with Crippen LogP contribution in [0.3, 0.4) is 0 Å². The molecule has 0 radical (unpaired) electrons. The number of nitrogens with one attached hydrogen (secondary N) is 1. The van der Waals surface area contributed by atoms with Gasteiger partial charge in [0, 0.05) is 68.8 Å². The van der Waals surface area contributed by atoms with Crippen molar-refractivity contribution in [1.29, 1.82) is 0 Å². The zero-order valence-corrected chi connectivity index (χ0v) is 26.3. The van der Waals surface area contributed by atoms with E-state index >= 15 is 0 Å².